The van der Waals surface area contributed by atoms with Crippen LogP contribution in [0.25, 0.3) is 11.4 Å². The predicted octanol–water partition coefficient (Wildman–Crippen LogP) is 2.68. The molecule has 0 aliphatic heterocycles. The molecule has 0 amide bonds. The highest BCUT2D eigenvalue weighted by molar-refractivity contribution is 5.55. The van der Waals surface area contributed by atoms with E-state index in [0.29, 0.717) is 5.95 Å². The average molecular weight is 216 g/mol. The van der Waals surface area contributed by atoms with Gasteiger partial charge in [-0.15, -0.1) is 5.10 Å². The predicted molar refractivity (Wildman–Crippen MR) is 65.2 cm³/mol. The maximum atomic E-state index is 4.39. The lowest BCUT2D eigenvalue weighted by atomic mass is 10.1. The van der Waals surface area contributed by atoms with Crippen LogP contribution in [0.4, 0.5) is 5.95 Å². The van der Waals surface area contributed by atoms with Crippen LogP contribution < -0.4 is 5.32 Å². The lowest BCUT2D eigenvalue weighted by Crippen LogP contribution is -2.26. The Hall–Kier alpha value is -1.84. The average Bonchev–Trinajstić information content (AvgIpc) is 2.65. The molecule has 2 aromatic rings. The summed E-state index contributed by atoms with van der Waals surface area (Å²) in [6, 6.07) is 9.94. The Morgan fingerprint density at radius 1 is 1.12 bits per heavy atom. The fourth-order valence-corrected chi connectivity index (χ4v) is 1.38. The lowest BCUT2D eigenvalue weighted by Gasteiger charge is -2.18. The van der Waals surface area contributed by atoms with Gasteiger partial charge in [-0.3, -0.25) is 5.10 Å². The van der Waals surface area contributed by atoms with E-state index in [2.05, 4.69) is 41.3 Å². The van der Waals surface area contributed by atoms with Crippen molar-refractivity contribution in [2.24, 2.45) is 0 Å². The zero-order chi connectivity index (χ0) is 11.6. The van der Waals surface area contributed by atoms with Crippen LogP contribution in [0.5, 0.6) is 0 Å². The highest BCUT2D eigenvalue weighted by Gasteiger charge is 2.13. The van der Waals surface area contributed by atoms with Crippen molar-refractivity contribution in [1.29, 1.82) is 0 Å². The van der Waals surface area contributed by atoms with E-state index < -0.39 is 0 Å². The topological polar surface area (TPSA) is 53.6 Å². The minimum atomic E-state index is -0.0316. The van der Waals surface area contributed by atoms with Crippen molar-refractivity contribution in [1.82, 2.24) is 15.2 Å². The van der Waals surface area contributed by atoms with Crippen LogP contribution in [0, 0.1) is 0 Å². The molecule has 0 saturated heterocycles. The number of hydrogen-bond donors (Lipinski definition) is 2. The number of rotatable bonds is 2. The van der Waals surface area contributed by atoms with Gasteiger partial charge in [-0.1, -0.05) is 30.3 Å². The summed E-state index contributed by atoms with van der Waals surface area (Å²) in [5.41, 5.74) is 1.01. The molecule has 0 atom stereocenters. The maximum Gasteiger partial charge on any atom is 0.242 e. The van der Waals surface area contributed by atoms with Crippen LogP contribution in [-0.2, 0) is 0 Å². The molecule has 0 spiro atoms. The molecule has 84 valence electrons. The molecular formula is C12H16N4. The molecule has 2 rings (SSSR count). The Morgan fingerprint density at radius 2 is 1.81 bits per heavy atom. The van der Waals surface area contributed by atoms with Gasteiger partial charge in [0.1, 0.15) is 0 Å². The van der Waals surface area contributed by atoms with E-state index in [1.165, 1.54) is 0 Å². The molecule has 0 fully saturated rings. The van der Waals surface area contributed by atoms with Gasteiger partial charge in [-0.25, -0.2) is 0 Å². The highest BCUT2D eigenvalue weighted by Crippen LogP contribution is 2.16. The summed E-state index contributed by atoms with van der Waals surface area (Å²) in [5.74, 6) is 1.42. The van der Waals surface area contributed by atoms with E-state index in [9.17, 15) is 0 Å². The molecule has 1 aromatic carbocycles. The van der Waals surface area contributed by atoms with Gasteiger partial charge in [0.05, 0.1) is 0 Å². The third kappa shape index (κ3) is 2.59. The van der Waals surface area contributed by atoms with Crippen molar-refractivity contribution < 1.29 is 0 Å². The summed E-state index contributed by atoms with van der Waals surface area (Å²) in [4.78, 5) is 4.39. The second kappa shape index (κ2) is 3.96. The van der Waals surface area contributed by atoms with Gasteiger partial charge < -0.3 is 5.32 Å². The van der Waals surface area contributed by atoms with E-state index in [1.54, 1.807) is 0 Å². The van der Waals surface area contributed by atoms with Crippen molar-refractivity contribution in [2.45, 2.75) is 26.3 Å². The number of aromatic nitrogens is 3. The standard InChI is InChI=1S/C12H16N4/c1-12(2,3)14-11-13-10(15-16-11)9-7-5-4-6-8-9/h4-8H,1-3H3,(H2,13,14,15,16). The third-order valence-electron chi connectivity index (χ3n) is 2.02. The second-order valence-corrected chi connectivity index (χ2v) is 4.75. The van der Waals surface area contributed by atoms with Crippen LogP contribution in [0.15, 0.2) is 30.3 Å². The van der Waals surface area contributed by atoms with Gasteiger partial charge in [0.2, 0.25) is 5.95 Å². The summed E-state index contributed by atoms with van der Waals surface area (Å²) in [6.07, 6.45) is 0. The molecule has 1 aromatic heterocycles. The van der Waals surface area contributed by atoms with E-state index in [4.69, 9.17) is 0 Å². The van der Waals surface area contributed by atoms with Gasteiger partial charge in [-0.2, -0.15) is 4.98 Å². The molecule has 4 nitrogen and oxygen atoms in total. The maximum absolute atomic E-state index is 4.39. The van der Waals surface area contributed by atoms with Crippen molar-refractivity contribution in [3.63, 3.8) is 0 Å². The number of nitrogens with zero attached hydrogens (tertiary/aromatic N) is 2. The van der Waals surface area contributed by atoms with Crippen molar-refractivity contribution >= 4 is 5.95 Å². The van der Waals surface area contributed by atoms with Gasteiger partial charge >= 0.3 is 0 Å². The zero-order valence-electron chi connectivity index (χ0n) is 9.78. The van der Waals surface area contributed by atoms with E-state index >= 15 is 0 Å². The third-order valence-corrected chi connectivity index (χ3v) is 2.02. The summed E-state index contributed by atoms with van der Waals surface area (Å²) >= 11 is 0. The van der Waals surface area contributed by atoms with Gasteiger partial charge in [-0.05, 0) is 20.8 Å². The first-order chi connectivity index (χ1) is 7.54. The minimum Gasteiger partial charge on any atom is -0.348 e. The van der Waals surface area contributed by atoms with Crippen LogP contribution in [0.2, 0.25) is 0 Å². The second-order valence-electron chi connectivity index (χ2n) is 4.75. The fourth-order valence-electron chi connectivity index (χ4n) is 1.38. The van der Waals surface area contributed by atoms with Crippen LogP contribution in [0.3, 0.4) is 0 Å². The molecule has 0 saturated carbocycles. The van der Waals surface area contributed by atoms with Crippen LogP contribution in [-0.4, -0.2) is 20.7 Å². The Kier molecular flexibility index (Phi) is 2.64. The molecule has 2 N–H and O–H groups in total. The van der Waals surface area contributed by atoms with E-state index in [1.807, 2.05) is 30.3 Å². The van der Waals surface area contributed by atoms with Gasteiger partial charge in [0.25, 0.3) is 0 Å². The number of nitrogens with one attached hydrogen (secondary N) is 2. The summed E-state index contributed by atoms with van der Waals surface area (Å²) in [7, 11) is 0. The Morgan fingerprint density at radius 3 is 2.44 bits per heavy atom. The Bertz CT molecular complexity index is 453. The first-order valence-corrected chi connectivity index (χ1v) is 5.31. The number of aromatic amines is 1. The molecule has 0 radical (unpaired) electrons. The summed E-state index contributed by atoms with van der Waals surface area (Å²) in [6.45, 7) is 6.22. The molecule has 0 aliphatic carbocycles. The molecule has 1 heterocycles. The zero-order valence-corrected chi connectivity index (χ0v) is 9.78. The monoisotopic (exact) mass is 216 g/mol. The SMILES string of the molecule is CC(C)(C)Nc1n[nH]c(-c2ccccc2)n1. The normalized spacial score (nSPS) is 11.4. The number of H-pyrrole nitrogens is 1. The van der Waals surface area contributed by atoms with Crippen molar-refractivity contribution in [3.05, 3.63) is 30.3 Å². The van der Waals surface area contributed by atoms with Gasteiger partial charge in [0.15, 0.2) is 5.82 Å². The van der Waals surface area contributed by atoms with Crippen molar-refractivity contribution in [3.8, 4) is 11.4 Å². The minimum absolute atomic E-state index is 0.0316. The quantitative estimate of drug-likeness (QED) is 0.811. The summed E-state index contributed by atoms with van der Waals surface area (Å²) < 4.78 is 0. The first kappa shape index (κ1) is 10.7. The summed E-state index contributed by atoms with van der Waals surface area (Å²) in [5, 5.41) is 10.3. The number of benzene rings is 1. The Labute approximate surface area is 95.1 Å². The molecular weight excluding hydrogens is 200 g/mol. The Balaban J connectivity index is 2.21. The van der Waals surface area contributed by atoms with Crippen LogP contribution >= 0.6 is 0 Å². The van der Waals surface area contributed by atoms with E-state index in [-0.39, 0.29) is 5.54 Å². The van der Waals surface area contributed by atoms with Crippen molar-refractivity contribution in [2.75, 3.05) is 5.32 Å². The smallest absolute Gasteiger partial charge is 0.242 e. The first-order valence-electron chi connectivity index (χ1n) is 5.31. The molecule has 0 bridgehead atoms. The van der Waals surface area contributed by atoms with Gasteiger partial charge in [0, 0.05) is 11.1 Å². The number of anilines is 1. The van der Waals surface area contributed by atoms with Crippen LogP contribution in [0.1, 0.15) is 20.8 Å². The fraction of sp³-hybridized carbons (Fsp3) is 0.333. The van der Waals surface area contributed by atoms with E-state index in [0.717, 1.165) is 11.4 Å². The molecule has 0 aliphatic rings. The largest absolute Gasteiger partial charge is 0.348 e. The highest BCUT2D eigenvalue weighted by atomic mass is 15.3. The molecule has 16 heavy (non-hydrogen) atoms. The number of hydrogen-bond acceptors (Lipinski definition) is 3. The molecule has 0 unspecified atom stereocenters. The lowest BCUT2D eigenvalue weighted by molar-refractivity contribution is 0.626. The molecule has 4 heteroatoms.